The maximum absolute atomic E-state index is 12.8. The summed E-state index contributed by atoms with van der Waals surface area (Å²) in [5.74, 6) is 0.0974. The van der Waals surface area contributed by atoms with Crippen molar-refractivity contribution in [2.75, 3.05) is 25.1 Å². The number of aromatic nitrogens is 1. The molecule has 5 rings (SSSR count). The van der Waals surface area contributed by atoms with Gasteiger partial charge in [0, 0.05) is 22.5 Å². The van der Waals surface area contributed by atoms with Crippen molar-refractivity contribution in [3.8, 4) is 11.5 Å². The van der Waals surface area contributed by atoms with Gasteiger partial charge in [0.05, 0.1) is 11.0 Å². The van der Waals surface area contributed by atoms with E-state index in [1.165, 1.54) is 0 Å². The highest BCUT2D eigenvalue weighted by molar-refractivity contribution is 5.95. The molecule has 0 bridgehead atoms. The van der Waals surface area contributed by atoms with Gasteiger partial charge in [-0.3, -0.25) is 14.4 Å². The molecular weight excluding hydrogens is 424 g/mol. The van der Waals surface area contributed by atoms with Gasteiger partial charge in [0.25, 0.3) is 5.91 Å². The molecule has 0 unspecified atom stereocenters. The maximum Gasteiger partial charge on any atom is 0.326 e. The molecule has 0 spiro atoms. The number of nitrogens with one attached hydrogen (secondary N) is 1. The summed E-state index contributed by atoms with van der Waals surface area (Å²) >= 11 is 0. The normalized spacial score (nSPS) is 12.5. The van der Waals surface area contributed by atoms with Crippen molar-refractivity contribution in [3.63, 3.8) is 0 Å². The molecular formula is C25H20N2O6. The van der Waals surface area contributed by atoms with E-state index >= 15 is 0 Å². The molecule has 1 aromatic heterocycles. The van der Waals surface area contributed by atoms with Crippen LogP contribution in [0.5, 0.6) is 11.5 Å². The van der Waals surface area contributed by atoms with Gasteiger partial charge in [0.1, 0.15) is 19.8 Å². The first-order valence-electron chi connectivity index (χ1n) is 10.5. The fraction of sp³-hybridized carbons (Fsp3) is 0.160. The predicted molar refractivity (Wildman–Crippen MR) is 123 cm³/mol. The van der Waals surface area contributed by atoms with E-state index in [-0.39, 0.29) is 12.0 Å². The highest BCUT2D eigenvalue weighted by Crippen LogP contribution is 2.32. The number of anilines is 1. The molecule has 166 valence electrons. The Kier molecular flexibility index (Phi) is 5.40. The van der Waals surface area contributed by atoms with Crippen LogP contribution >= 0.6 is 0 Å². The lowest BCUT2D eigenvalue weighted by molar-refractivity contribution is -0.147. The third-order valence-electron chi connectivity index (χ3n) is 5.36. The molecule has 0 aliphatic carbocycles. The summed E-state index contributed by atoms with van der Waals surface area (Å²) in [7, 11) is 0. The number of fused-ring (bicyclic) bond motifs is 3. The summed E-state index contributed by atoms with van der Waals surface area (Å²) in [6, 6.07) is 19.3. The fourth-order valence-electron chi connectivity index (χ4n) is 3.89. The van der Waals surface area contributed by atoms with Crippen molar-refractivity contribution in [2.45, 2.75) is 6.54 Å². The number of nitrogens with zero attached hydrogens (tertiary/aromatic N) is 1. The maximum atomic E-state index is 12.8. The Labute approximate surface area is 188 Å². The number of carbonyl (C=O) groups is 2. The molecule has 0 radical (unpaired) electrons. The lowest BCUT2D eigenvalue weighted by atomic mass is 10.1. The lowest BCUT2D eigenvalue weighted by Gasteiger charge is -2.19. The van der Waals surface area contributed by atoms with E-state index in [1.54, 1.807) is 71.3 Å². The monoisotopic (exact) mass is 444 g/mol. The molecule has 8 heteroatoms. The number of hydrogen-bond acceptors (Lipinski definition) is 6. The Morgan fingerprint density at radius 1 is 0.879 bits per heavy atom. The number of esters is 1. The van der Waals surface area contributed by atoms with Crippen LogP contribution < -0.4 is 20.2 Å². The van der Waals surface area contributed by atoms with E-state index in [0.717, 1.165) is 0 Å². The van der Waals surface area contributed by atoms with E-state index in [4.69, 9.17) is 14.2 Å². The molecule has 3 aromatic carbocycles. The van der Waals surface area contributed by atoms with Crippen LogP contribution in [0, 0.1) is 0 Å². The molecule has 33 heavy (non-hydrogen) atoms. The van der Waals surface area contributed by atoms with Crippen molar-refractivity contribution in [2.24, 2.45) is 0 Å². The van der Waals surface area contributed by atoms with Crippen LogP contribution in [0.1, 0.15) is 0 Å². The number of hydrogen-bond donors (Lipinski definition) is 1. The van der Waals surface area contributed by atoms with Crippen LogP contribution in [0.3, 0.4) is 0 Å². The fourth-order valence-corrected chi connectivity index (χ4v) is 3.89. The predicted octanol–water partition coefficient (Wildman–Crippen LogP) is 3.11. The largest absolute Gasteiger partial charge is 0.486 e. The summed E-state index contributed by atoms with van der Waals surface area (Å²) in [4.78, 5) is 37.7. The summed E-state index contributed by atoms with van der Waals surface area (Å²) in [6.45, 7) is 0.340. The second-order valence-electron chi connectivity index (χ2n) is 7.52. The third kappa shape index (κ3) is 4.10. The van der Waals surface area contributed by atoms with E-state index in [0.29, 0.717) is 52.2 Å². The van der Waals surface area contributed by atoms with Crippen LogP contribution in [0.15, 0.2) is 71.5 Å². The average Bonchev–Trinajstić information content (AvgIpc) is 2.85. The van der Waals surface area contributed by atoms with Crippen LogP contribution in [-0.2, 0) is 20.9 Å². The second kappa shape index (κ2) is 8.66. The van der Waals surface area contributed by atoms with E-state index in [2.05, 4.69) is 5.32 Å². The first kappa shape index (κ1) is 20.6. The lowest BCUT2D eigenvalue weighted by Crippen LogP contribution is -2.24. The summed E-state index contributed by atoms with van der Waals surface area (Å²) in [5.41, 5.74) is 1.67. The molecule has 1 aliphatic heterocycles. The average molecular weight is 444 g/mol. The Bertz CT molecular complexity index is 1380. The van der Waals surface area contributed by atoms with E-state index in [1.807, 2.05) is 0 Å². The summed E-state index contributed by atoms with van der Waals surface area (Å²) in [6.07, 6.45) is 0. The molecule has 4 aromatic rings. The molecule has 1 amide bonds. The number of amides is 1. The number of rotatable bonds is 5. The number of benzene rings is 3. The molecule has 2 heterocycles. The van der Waals surface area contributed by atoms with Gasteiger partial charge in [-0.1, -0.05) is 24.3 Å². The summed E-state index contributed by atoms with van der Waals surface area (Å²) < 4.78 is 17.9. The Morgan fingerprint density at radius 2 is 1.52 bits per heavy atom. The minimum absolute atomic E-state index is 0.0929. The SMILES string of the molecule is O=C(COC(=O)Cn1c2ccccc2c(=O)c2ccccc21)Nc1ccc2c(c1)OCCO2. The molecule has 0 fully saturated rings. The van der Waals surface area contributed by atoms with Crippen molar-refractivity contribution < 1.29 is 23.8 Å². The molecule has 1 aliphatic rings. The van der Waals surface area contributed by atoms with Crippen molar-refractivity contribution in [1.29, 1.82) is 0 Å². The van der Waals surface area contributed by atoms with Crippen molar-refractivity contribution in [1.82, 2.24) is 4.57 Å². The number of para-hydroxylation sites is 2. The van der Waals surface area contributed by atoms with Gasteiger partial charge in [-0.2, -0.15) is 0 Å². The van der Waals surface area contributed by atoms with Crippen LogP contribution in [-0.4, -0.2) is 36.3 Å². The molecule has 0 atom stereocenters. The molecule has 1 N–H and O–H groups in total. The zero-order valence-corrected chi connectivity index (χ0v) is 17.6. The van der Waals surface area contributed by atoms with Gasteiger partial charge in [-0.15, -0.1) is 0 Å². The molecule has 0 saturated carbocycles. The second-order valence-corrected chi connectivity index (χ2v) is 7.52. The molecule has 8 nitrogen and oxygen atoms in total. The summed E-state index contributed by atoms with van der Waals surface area (Å²) in [5, 5.41) is 3.71. The van der Waals surface area contributed by atoms with E-state index in [9.17, 15) is 14.4 Å². The zero-order chi connectivity index (χ0) is 22.8. The zero-order valence-electron chi connectivity index (χ0n) is 17.6. The number of pyridine rings is 1. The smallest absolute Gasteiger partial charge is 0.326 e. The number of ether oxygens (including phenoxy) is 3. The van der Waals surface area contributed by atoms with E-state index < -0.39 is 18.5 Å². The van der Waals surface area contributed by atoms with Gasteiger partial charge >= 0.3 is 5.97 Å². The number of carbonyl (C=O) groups excluding carboxylic acids is 2. The highest BCUT2D eigenvalue weighted by Gasteiger charge is 2.16. The van der Waals surface area contributed by atoms with Gasteiger partial charge in [-0.25, -0.2) is 0 Å². The first-order chi connectivity index (χ1) is 16.1. The third-order valence-corrected chi connectivity index (χ3v) is 5.36. The Morgan fingerprint density at radius 3 is 2.21 bits per heavy atom. The van der Waals surface area contributed by atoms with Crippen LogP contribution in [0.25, 0.3) is 21.8 Å². The van der Waals surface area contributed by atoms with Crippen LogP contribution in [0.2, 0.25) is 0 Å². The Balaban J connectivity index is 1.30. The minimum atomic E-state index is -0.591. The van der Waals surface area contributed by atoms with Crippen LogP contribution in [0.4, 0.5) is 5.69 Å². The minimum Gasteiger partial charge on any atom is -0.486 e. The first-order valence-corrected chi connectivity index (χ1v) is 10.5. The molecule has 0 saturated heterocycles. The van der Waals surface area contributed by atoms with Crippen molar-refractivity contribution in [3.05, 3.63) is 77.0 Å². The topological polar surface area (TPSA) is 95.9 Å². The highest BCUT2D eigenvalue weighted by atomic mass is 16.6. The van der Waals surface area contributed by atoms with Gasteiger partial charge in [0.15, 0.2) is 23.5 Å². The Hall–Kier alpha value is -4.33. The standard InChI is InChI=1S/C25H20N2O6/c28-23(26-16-9-10-21-22(13-16)32-12-11-31-21)15-33-24(29)14-27-19-7-3-1-5-17(19)25(30)18-6-2-4-8-20(18)27/h1-10,13H,11-12,14-15H2,(H,26,28). The van der Waals surface area contributed by atoms with Gasteiger partial charge in [0.2, 0.25) is 0 Å². The quantitative estimate of drug-likeness (QED) is 0.375. The van der Waals surface area contributed by atoms with Gasteiger partial charge in [-0.05, 0) is 36.4 Å². The van der Waals surface area contributed by atoms with Crippen molar-refractivity contribution >= 4 is 39.4 Å². The van der Waals surface area contributed by atoms with Gasteiger partial charge < -0.3 is 24.1 Å².